The zero-order valence-electron chi connectivity index (χ0n) is 18.1. The van der Waals surface area contributed by atoms with E-state index in [0.29, 0.717) is 36.0 Å². The molecule has 0 aliphatic carbocycles. The van der Waals surface area contributed by atoms with Crippen molar-refractivity contribution in [3.8, 4) is 0 Å². The van der Waals surface area contributed by atoms with Gasteiger partial charge in [0.25, 0.3) is 0 Å². The normalized spacial score (nSPS) is 11.7. The summed E-state index contributed by atoms with van der Waals surface area (Å²) in [7, 11) is 0. The zero-order chi connectivity index (χ0) is 22.6. The molecule has 0 heterocycles. The average molecular weight is 481 g/mol. The first-order valence-corrected chi connectivity index (χ1v) is 12.4. The molecule has 0 spiro atoms. The van der Waals surface area contributed by atoms with Crippen LogP contribution in [0.15, 0.2) is 53.4 Å². The molecule has 1 N–H and O–H groups in total. The molecule has 0 bridgehead atoms. The molecule has 2 aromatic carbocycles. The molecular weight excluding hydrogens is 451 g/mol. The third kappa shape index (κ3) is 8.40. The lowest BCUT2D eigenvalue weighted by Gasteiger charge is -2.31. The number of carbonyl (C=O) groups is 2. The van der Waals surface area contributed by atoms with Gasteiger partial charge in [0.15, 0.2) is 0 Å². The quantitative estimate of drug-likeness (QED) is 0.290. The monoisotopic (exact) mass is 480 g/mol. The van der Waals surface area contributed by atoms with Crippen LogP contribution < -0.4 is 5.32 Å². The molecule has 0 saturated heterocycles. The van der Waals surface area contributed by atoms with Gasteiger partial charge in [0.1, 0.15) is 6.04 Å². The van der Waals surface area contributed by atoms with E-state index in [1.165, 1.54) is 0 Å². The summed E-state index contributed by atoms with van der Waals surface area (Å²) >= 11 is 14.0. The lowest BCUT2D eigenvalue weighted by molar-refractivity contribution is -0.141. The van der Waals surface area contributed by atoms with E-state index in [1.54, 1.807) is 22.7 Å². The number of nitrogens with zero attached hydrogens (tertiary/aromatic N) is 1. The number of benzene rings is 2. The Balaban J connectivity index is 2.04. The van der Waals surface area contributed by atoms with E-state index in [-0.39, 0.29) is 11.8 Å². The maximum Gasteiger partial charge on any atom is 0.242 e. The predicted molar refractivity (Wildman–Crippen MR) is 131 cm³/mol. The van der Waals surface area contributed by atoms with Crippen LogP contribution in [0.5, 0.6) is 0 Å². The smallest absolute Gasteiger partial charge is 0.242 e. The number of carbonyl (C=O) groups excluding carboxylic acids is 2. The van der Waals surface area contributed by atoms with Gasteiger partial charge in [-0.25, -0.2) is 0 Å². The van der Waals surface area contributed by atoms with Gasteiger partial charge in [0.05, 0.1) is 0 Å². The second-order valence-corrected chi connectivity index (χ2v) is 9.25. The zero-order valence-corrected chi connectivity index (χ0v) is 20.4. The second-order valence-electron chi connectivity index (χ2n) is 7.23. The Morgan fingerprint density at radius 1 is 1.06 bits per heavy atom. The maximum absolute atomic E-state index is 13.2. The molecule has 7 heteroatoms. The van der Waals surface area contributed by atoms with Gasteiger partial charge in [-0.05, 0) is 60.9 Å². The minimum absolute atomic E-state index is 0.0323. The Labute approximate surface area is 199 Å². The third-order valence-corrected chi connectivity index (χ3v) is 6.57. The summed E-state index contributed by atoms with van der Waals surface area (Å²) in [4.78, 5) is 28.7. The summed E-state index contributed by atoms with van der Waals surface area (Å²) in [5.41, 5.74) is 0.842. The van der Waals surface area contributed by atoms with E-state index < -0.39 is 6.04 Å². The number of nitrogens with one attached hydrogen (secondary N) is 1. The molecule has 0 aliphatic heterocycles. The summed E-state index contributed by atoms with van der Waals surface area (Å²) in [5.74, 6) is 0.669. The van der Waals surface area contributed by atoms with Crippen molar-refractivity contribution in [3.05, 3.63) is 64.1 Å². The van der Waals surface area contributed by atoms with Gasteiger partial charge in [-0.15, -0.1) is 11.8 Å². The Bertz CT molecular complexity index is 846. The van der Waals surface area contributed by atoms with Crippen LogP contribution in [-0.4, -0.2) is 35.1 Å². The van der Waals surface area contributed by atoms with Crippen molar-refractivity contribution in [2.75, 3.05) is 12.3 Å². The minimum Gasteiger partial charge on any atom is -0.354 e. The Morgan fingerprint density at radius 2 is 1.77 bits per heavy atom. The number of hydrogen-bond donors (Lipinski definition) is 1. The van der Waals surface area contributed by atoms with Crippen LogP contribution in [0.25, 0.3) is 0 Å². The number of halogens is 2. The summed E-state index contributed by atoms with van der Waals surface area (Å²) < 4.78 is 0. The largest absolute Gasteiger partial charge is 0.354 e. The molecule has 2 rings (SSSR count). The first-order chi connectivity index (χ1) is 15.0. The van der Waals surface area contributed by atoms with E-state index in [9.17, 15) is 9.59 Å². The Hall–Kier alpha value is -1.69. The summed E-state index contributed by atoms with van der Waals surface area (Å²) in [6, 6.07) is 14.6. The fraction of sp³-hybridized carbons (Fsp3) is 0.417. The summed E-state index contributed by atoms with van der Waals surface area (Å²) in [6.07, 6.45) is 2.49. The first kappa shape index (κ1) is 25.6. The molecular formula is C24H30Cl2N2O2S. The lowest BCUT2D eigenvalue weighted by Crippen LogP contribution is -2.49. The standard InChI is InChI=1S/C24H30Cl2N2O2S/c1-3-15-27-24(30)22(4-2)28(17-18-8-5-6-9-21(18)26)23(29)10-7-16-31-20-13-11-19(25)12-14-20/h5-6,8-9,11-14,22H,3-4,7,10,15-17H2,1-2H3,(H,27,30)/t22-/m1/s1. The van der Waals surface area contributed by atoms with Crippen LogP contribution in [0, 0.1) is 0 Å². The van der Waals surface area contributed by atoms with E-state index >= 15 is 0 Å². The van der Waals surface area contributed by atoms with E-state index in [4.69, 9.17) is 23.2 Å². The van der Waals surface area contributed by atoms with Crippen molar-refractivity contribution in [2.24, 2.45) is 0 Å². The van der Waals surface area contributed by atoms with E-state index in [2.05, 4.69) is 5.32 Å². The molecule has 0 aromatic heterocycles. The molecule has 1 atom stereocenters. The number of hydrogen-bond acceptors (Lipinski definition) is 3. The van der Waals surface area contributed by atoms with Crippen molar-refractivity contribution >= 4 is 46.8 Å². The van der Waals surface area contributed by atoms with Crippen LogP contribution in [0.1, 0.15) is 45.1 Å². The average Bonchev–Trinajstić information content (AvgIpc) is 2.77. The molecule has 4 nitrogen and oxygen atoms in total. The van der Waals surface area contributed by atoms with Crippen LogP contribution in [0.4, 0.5) is 0 Å². The minimum atomic E-state index is -0.515. The van der Waals surface area contributed by atoms with Gasteiger partial charge in [0, 0.05) is 34.5 Å². The Morgan fingerprint density at radius 3 is 2.42 bits per heavy atom. The second kappa shape index (κ2) is 13.7. The van der Waals surface area contributed by atoms with Crippen LogP contribution in [0.3, 0.4) is 0 Å². The van der Waals surface area contributed by atoms with Gasteiger partial charge in [0.2, 0.25) is 11.8 Å². The van der Waals surface area contributed by atoms with Gasteiger partial charge in [-0.2, -0.15) is 0 Å². The highest BCUT2D eigenvalue weighted by Gasteiger charge is 2.28. The molecule has 0 radical (unpaired) electrons. The maximum atomic E-state index is 13.2. The van der Waals surface area contributed by atoms with Crippen LogP contribution in [0.2, 0.25) is 10.0 Å². The molecule has 168 valence electrons. The topological polar surface area (TPSA) is 49.4 Å². The van der Waals surface area contributed by atoms with E-state index in [0.717, 1.165) is 29.1 Å². The molecule has 2 amide bonds. The lowest BCUT2D eigenvalue weighted by atomic mass is 10.1. The van der Waals surface area contributed by atoms with Gasteiger partial charge in [-0.1, -0.05) is 55.2 Å². The SMILES string of the molecule is CCCNC(=O)[C@@H](CC)N(Cc1ccccc1Cl)C(=O)CCCSc1ccc(Cl)cc1. The van der Waals surface area contributed by atoms with Crippen molar-refractivity contribution in [1.82, 2.24) is 10.2 Å². The molecule has 0 unspecified atom stereocenters. The molecule has 0 saturated carbocycles. The van der Waals surface area contributed by atoms with Crippen molar-refractivity contribution < 1.29 is 9.59 Å². The summed E-state index contributed by atoms with van der Waals surface area (Å²) in [5, 5.41) is 4.24. The van der Waals surface area contributed by atoms with Crippen LogP contribution >= 0.6 is 35.0 Å². The van der Waals surface area contributed by atoms with Crippen molar-refractivity contribution in [1.29, 1.82) is 0 Å². The molecule has 2 aromatic rings. The highest BCUT2D eigenvalue weighted by atomic mass is 35.5. The fourth-order valence-corrected chi connectivity index (χ4v) is 4.36. The van der Waals surface area contributed by atoms with Gasteiger partial charge >= 0.3 is 0 Å². The Kier molecular flexibility index (Phi) is 11.3. The van der Waals surface area contributed by atoms with Crippen molar-refractivity contribution in [2.45, 2.75) is 57.0 Å². The first-order valence-electron chi connectivity index (χ1n) is 10.6. The van der Waals surface area contributed by atoms with Crippen molar-refractivity contribution in [3.63, 3.8) is 0 Å². The predicted octanol–water partition coefficient (Wildman–Crippen LogP) is 6.20. The highest BCUT2D eigenvalue weighted by Crippen LogP contribution is 2.23. The molecule has 0 fully saturated rings. The summed E-state index contributed by atoms with van der Waals surface area (Å²) in [6.45, 7) is 4.85. The number of thioether (sulfide) groups is 1. The number of amides is 2. The van der Waals surface area contributed by atoms with Gasteiger partial charge in [-0.3, -0.25) is 9.59 Å². The molecule has 0 aliphatic rings. The third-order valence-electron chi connectivity index (χ3n) is 4.85. The fourth-order valence-electron chi connectivity index (χ4n) is 3.18. The van der Waals surface area contributed by atoms with Gasteiger partial charge < -0.3 is 10.2 Å². The number of rotatable bonds is 12. The molecule has 31 heavy (non-hydrogen) atoms. The highest BCUT2D eigenvalue weighted by molar-refractivity contribution is 7.99. The van der Waals surface area contributed by atoms with E-state index in [1.807, 2.05) is 56.3 Å². The van der Waals surface area contributed by atoms with Crippen LogP contribution in [-0.2, 0) is 16.1 Å².